The fraction of sp³-hybridized carbons (Fsp3) is 0.417. The summed E-state index contributed by atoms with van der Waals surface area (Å²) in [6.45, 7) is 3.57. The molecule has 30 heavy (non-hydrogen) atoms. The lowest BCUT2D eigenvalue weighted by Crippen LogP contribution is -2.39. The maximum absolute atomic E-state index is 13.4. The Morgan fingerprint density at radius 2 is 1.50 bits per heavy atom. The van der Waals surface area contributed by atoms with Crippen LogP contribution in [0.3, 0.4) is 0 Å². The quantitative estimate of drug-likeness (QED) is 0.749. The summed E-state index contributed by atoms with van der Waals surface area (Å²) in [6, 6.07) is 13.2. The topological polar surface area (TPSA) is 49.9 Å². The molecule has 2 aromatic rings. The molecule has 2 aromatic carbocycles. The second-order valence-corrected chi connectivity index (χ2v) is 8.08. The van der Waals surface area contributed by atoms with Crippen molar-refractivity contribution in [3.63, 3.8) is 0 Å². The van der Waals surface area contributed by atoms with Crippen LogP contribution in [0.25, 0.3) is 0 Å². The van der Waals surface area contributed by atoms with Crippen LogP contribution in [0.2, 0.25) is 0 Å². The molecule has 0 N–H and O–H groups in total. The highest BCUT2D eigenvalue weighted by Crippen LogP contribution is 2.22. The first-order valence-electron chi connectivity index (χ1n) is 10.7. The molecule has 0 bridgehead atoms. The predicted octanol–water partition coefficient (Wildman–Crippen LogP) is 3.99. The van der Waals surface area contributed by atoms with Gasteiger partial charge in [-0.05, 0) is 74.1 Å². The molecule has 0 spiro atoms. The van der Waals surface area contributed by atoms with Gasteiger partial charge in [0, 0.05) is 37.3 Å². The molecule has 0 radical (unpaired) electrons. The Balaban J connectivity index is 1.23. The maximum atomic E-state index is 13.4. The Kier molecular flexibility index (Phi) is 6.31. The summed E-state index contributed by atoms with van der Waals surface area (Å²) in [5.74, 6) is 0.706. The zero-order valence-electron chi connectivity index (χ0n) is 17.1. The third kappa shape index (κ3) is 4.81. The summed E-state index contributed by atoms with van der Waals surface area (Å²) in [5, 5.41) is 0. The first-order valence-corrected chi connectivity index (χ1v) is 10.7. The van der Waals surface area contributed by atoms with E-state index in [1.54, 1.807) is 17.0 Å². The van der Waals surface area contributed by atoms with Gasteiger partial charge in [-0.15, -0.1) is 0 Å². The fourth-order valence-electron chi connectivity index (χ4n) is 4.12. The fourth-order valence-corrected chi connectivity index (χ4v) is 4.12. The van der Waals surface area contributed by atoms with Crippen molar-refractivity contribution < 1.29 is 18.7 Å². The number of carbonyl (C=O) groups is 2. The zero-order valence-corrected chi connectivity index (χ0v) is 17.1. The highest BCUT2D eigenvalue weighted by atomic mass is 19.1. The van der Waals surface area contributed by atoms with Crippen molar-refractivity contribution in [2.24, 2.45) is 5.92 Å². The first kappa shape index (κ1) is 20.4. The smallest absolute Gasteiger partial charge is 0.253 e. The molecular formula is C24H27FN2O3. The van der Waals surface area contributed by atoms with Crippen LogP contribution in [0.4, 0.5) is 4.39 Å². The van der Waals surface area contributed by atoms with Crippen LogP contribution in [0.5, 0.6) is 5.75 Å². The standard InChI is InChI=1S/C24H27FN2O3/c25-21-5-3-4-20(16-21)24(29)27-14-10-18(11-15-27)17-30-22-8-6-19(7-9-22)23(28)26-12-1-2-13-26/h3-9,16,18H,1-2,10-15,17H2. The molecule has 0 aromatic heterocycles. The van der Waals surface area contributed by atoms with Gasteiger partial charge in [-0.1, -0.05) is 6.07 Å². The molecule has 2 aliphatic heterocycles. The second kappa shape index (κ2) is 9.28. The molecule has 2 fully saturated rings. The molecule has 0 saturated carbocycles. The van der Waals surface area contributed by atoms with Crippen LogP contribution in [0.1, 0.15) is 46.4 Å². The van der Waals surface area contributed by atoms with Gasteiger partial charge in [0.1, 0.15) is 11.6 Å². The molecule has 2 amide bonds. The van der Waals surface area contributed by atoms with E-state index < -0.39 is 5.82 Å². The van der Waals surface area contributed by atoms with Gasteiger partial charge in [-0.3, -0.25) is 9.59 Å². The lowest BCUT2D eigenvalue weighted by atomic mass is 9.97. The van der Waals surface area contributed by atoms with Crippen LogP contribution in [0, 0.1) is 11.7 Å². The molecule has 2 saturated heterocycles. The number of ether oxygens (including phenoxy) is 1. The van der Waals surface area contributed by atoms with E-state index >= 15 is 0 Å². The van der Waals surface area contributed by atoms with Gasteiger partial charge in [-0.2, -0.15) is 0 Å². The van der Waals surface area contributed by atoms with Gasteiger partial charge in [0.05, 0.1) is 6.61 Å². The van der Waals surface area contributed by atoms with Gasteiger partial charge in [0.15, 0.2) is 0 Å². The van der Waals surface area contributed by atoms with E-state index in [0.717, 1.165) is 44.5 Å². The maximum Gasteiger partial charge on any atom is 0.253 e. The molecule has 0 unspecified atom stereocenters. The molecule has 4 rings (SSSR count). The number of amides is 2. The first-order chi connectivity index (χ1) is 14.6. The third-order valence-corrected chi connectivity index (χ3v) is 5.95. The van der Waals surface area contributed by atoms with Crippen molar-refractivity contribution >= 4 is 11.8 Å². The van der Waals surface area contributed by atoms with Gasteiger partial charge in [0.2, 0.25) is 0 Å². The van der Waals surface area contributed by atoms with Crippen molar-refractivity contribution in [2.75, 3.05) is 32.8 Å². The number of benzene rings is 2. The molecule has 158 valence electrons. The summed E-state index contributed by atoms with van der Waals surface area (Å²) in [5.41, 5.74) is 1.10. The van der Waals surface area contributed by atoms with Crippen molar-refractivity contribution in [3.05, 3.63) is 65.5 Å². The SMILES string of the molecule is O=C(c1ccc(OCC2CCN(C(=O)c3cccc(F)c3)CC2)cc1)N1CCCC1. The van der Waals surface area contributed by atoms with E-state index in [0.29, 0.717) is 36.7 Å². The monoisotopic (exact) mass is 410 g/mol. The summed E-state index contributed by atoms with van der Waals surface area (Å²) in [4.78, 5) is 28.6. The Morgan fingerprint density at radius 3 is 2.17 bits per heavy atom. The predicted molar refractivity (Wildman–Crippen MR) is 112 cm³/mol. The Bertz CT molecular complexity index is 886. The molecule has 6 heteroatoms. The molecule has 2 heterocycles. The Morgan fingerprint density at radius 1 is 0.867 bits per heavy atom. The normalized spacial score (nSPS) is 17.2. The summed E-state index contributed by atoms with van der Waals surface area (Å²) < 4.78 is 19.3. The summed E-state index contributed by atoms with van der Waals surface area (Å²) in [6.07, 6.45) is 3.87. The number of hydrogen-bond donors (Lipinski definition) is 0. The number of nitrogens with zero attached hydrogens (tertiary/aromatic N) is 2. The van der Waals surface area contributed by atoms with Gasteiger partial charge < -0.3 is 14.5 Å². The van der Waals surface area contributed by atoms with Crippen molar-refractivity contribution in [1.29, 1.82) is 0 Å². The van der Waals surface area contributed by atoms with E-state index in [1.807, 2.05) is 29.2 Å². The van der Waals surface area contributed by atoms with Gasteiger partial charge in [0.25, 0.3) is 11.8 Å². The van der Waals surface area contributed by atoms with Gasteiger partial charge in [-0.25, -0.2) is 4.39 Å². The van der Waals surface area contributed by atoms with Crippen LogP contribution < -0.4 is 4.74 Å². The Labute approximate surface area is 176 Å². The molecule has 0 atom stereocenters. The third-order valence-electron chi connectivity index (χ3n) is 5.95. The van der Waals surface area contributed by atoms with Crippen LogP contribution in [-0.4, -0.2) is 54.4 Å². The number of carbonyl (C=O) groups excluding carboxylic acids is 2. The second-order valence-electron chi connectivity index (χ2n) is 8.08. The van der Waals surface area contributed by atoms with E-state index in [1.165, 1.54) is 12.1 Å². The van der Waals surface area contributed by atoms with E-state index in [9.17, 15) is 14.0 Å². The zero-order chi connectivity index (χ0) is 20.9. The van der Waals surface area contributed by atoms with E-state index in [4.69, 9.17) is 4.74 Å². The largest absolute Gasteiger partial charge is 0.493 e. The number of rotatable bonds is 5. The van der Waals surface area contributed by atoms with Gasteiger partial charge >= 0.3 is 0 Å². The van der Waals surface area contributed by atoms with Crippen LogP contribution in [0.15, 0.2) is 48.5 Å². The van der Waals surface area contributed by atoms with Crippen molar-refractivity contribution in [1.82, 2.24) is 9.80 Å². The average Bonchev–Trinajstić information content (AvgIpc) is 3.32. The number of halogens is 1. The highest BCUT2D eigenvalue weighted by Gasteiger charge is 2.24. The van der Waals surface area contributed by atoms with Crippen LogP contribution >= 0.6 is 0 Å². The molecule has 0 aliphatic carbocycles. The average molecular weight is 410 g/mol. The summed E-state index contributed by atoms with van der Waals surface area (Å²) in [7, 11) is 0. The lowest BCUT2D eigenvalue weighted by molar-refractivity contribution is 0.0660. The Hall–Kier alpha value is -2.89. The van der Waals surface area contributed by atoms with Crippen molar-refractivity contribution in [3.8, 4) is 5.75 Å². The minimum atomic E-state index is -0.391. The molecule has 2 aliphatic rings. The highest BCUT2D eigenvalue weighted by molar-refractivity contribution is 5.94. The molecular weight excluding hydrogens is 383 g/mol. The number of hydrogen-bond acceptors (Lipinski definition) is 3. The molecule has 5 nitrogen and oxygen atoms in total. The number of likely N-dealkylation sites (tertiary alicyclic amines) is 2. The lowest BCUT2D eigenvalue weighted by Gasteiger charge is -2.32. The van der Waals surface area contributed by atoms with E-state index in [-0.39, 0.29) is 11.8 Å². The number of piperidine rings is 1. The van der Waals surface area contributed by atoms with E-state index in [2.05, 4.69) is 0 Å². The minimum absolute atomic E-state index is 0.0920. The summed E-state index contributed by atoms with van der Waals surface area (Å²) >= 11 is 0. The minimum Gasteiger partial charge on any atom is -0.493 e. The van der Waals surface area contributed by atoms with Crippen LogP contribution in [-0.2, 0) is 0 Å². The van der Waals surface area contributed by atoms with Crippen molar-refractivity contribution in [2.45, 2.75) is 25.7 Å².